The van der Waals surface area contributed by atoms with Gasteiger partial charge < -0.3 is 9.30 Å². The lowest BCUT2D eigenvalue weighted by Gasteiger charge is -2.44. The summed E-state index contributed by atoms with van der Waals surface area (Å²) in [6.07, 6.45) is 0.714. The quantitative estimate of drug-likeness (QED) is 0.312. The van der Waals surface area contributed by atoms with Crippen LogP contribution in [0.4, 0.5) is 0 Å². The standard InChI is InChI=1S/C30H25O3P/c1-33-30(31)28-19-27-23-14-8-9-15-24(23)29(28)25-17-16-22(18-26(25)27)34(32,20-10-4-2-5-11-20)21-12-6-3-7-13-21/h2-18,27-29H,19H2,1H3/t27-,28+,29+/m1/s1. The molecule has 4 aromatic rings. The van der Waals surface area contributed by atoms with Gasteiger partial charge in [0, 0.05) is 27.7 Å². The molecule has 0 spiro atoms. The van der Waals surface area contributed by atoms with Crippen molar-refractivity contribution in [3.05, 3.63) is 125 Å². The van der Waals surface area contributed by atoms with Crippen LogP contribution in [0.3, 0.4) is 0 Å². The van der Waals surface area contributed by atoms with Gasteiger partial charge in [0.15, 0.2) is 7.14 Å². The lowest BCUT2D eigenvalue weighted by atomic mass is 9.59. The number of esters is 1. The normalized spacial score (nSPS) is 20.3. The second kappa shape index (κ2) is 8.11. The van der Waals surface area contributed by atoms with Crippen molar-refractivity contribution in [3.8, 4) is 0 Å². The summed E-state index contributed by atoms with van der Waals surface area (Å²) in [5, 5.41) is 2.49. The van der Waals surface area contributed by atoms with Crippen LogP contribution in [0.15, 0.2) is 103 Å². The van der Waals surface area contributed by atoms with Crippen molar-refractivity contribution in [1.29, 1.82) is 0 Å². The molecule has 3 aliphatic carbocycles. The Labute approximate surface area is 199 Å². The van der Waals surface area contributed by atoms with E-state index in [1.807, 2.05) is 72.8 Å². The minimum absolute atomic E-state index is 0.0365. The van der Waals surface area contributed by atoms with Crippen molar-refractivity contribution in [1.82, 2.24) is 0 Å². The van der Waals surface area contributed by atoms with Crippen LogP contribution in [0.5, 0.6) is 0 Å². The van der Waals surface area contributed by atoms with Gasteiger partial charge in [-0.15, -0.1) is 0 Å². The molecule has 0 saturated carbocycles. The molecule has 7 rings (SSSR count). The van der Waals surface area contributed by atoms with Gasteiger partial charge in [-0.2, -0.15) is 0 Å². The zero-order valence-electron chi connectivity index (χ0n) is 18.9. The molecule has 4 heteroatoms. The van der Waals surface area contributed by atoms with E-state index < -0.39 is 7.14 Å². The van der Waals surface area contributed by atoms with Gasteiger partial charge in [-0.25, -0.2) is 0 Å². The third kappa shape index (κ3) is 3.04. The maximum atomic E-state index is 14.9. The Morgan fingerprint density at radius 3 is 1.88 bits per heavy atom. The van der Waals surface area contributed by atoms with Gasteiger partial charge in [0.25, 0.3) is 0 Å². The highest BCUT2D eigenvalue weighted by atomic mass is 31.2. The van der Waals surface area contributed by atoms with Crippen molar-refractivity contribution in [2.45, 2.75) is 18.3 Å². The van der Waals surface area contributed by atoms with Gasteiger partial charge in [0.2, 0.25) is 0 Å². The Morgan fingerprint density at radius 1 is 0.706 bits per heavy atom. The smallest absolute Gasteiger partial charge is 0.309 e. The summed E-state index contributed by atoms with van der Waals surface area (Å²) in [6.45, 7) is 0. The SMILES string of the molecule is COC(=O)[C@H]1C[C@@H]2c3ccccc3[C@H]1c1ccc(P(=O)(c3ccccc3)c3ccccc3)cc12. The van der Waals surface area contributed by atoms with Crippen LogP contribution >= 0.6 is 7.14 Å². The van der Waals surface area contributed by atoms with Crippen molar-refractivity contribution >= 4 is 29.0 Å². The van der Waals surface area contributed by atoms with E-state index in [9.17, 15) is 9.36 Å². The zero-order chi connectivity index (χ0) is 23.3. The predicted octanol–water partition coefficient (Wildman–Crippen LogP) is 5.10. The summed E-state index contributed by atoms with van der Waals surface area (Å²) in [5.41, 5.74) is 4.82. The maximum absolute atomic E-state index is 14.9. The zero-order valence-corrected chi connectivity index (χ0v) is 19.8. The molecule has 0 aliphatic heterocycles. The molecule has 0 unspecified atom stereocenters. The number of benzene rings is 4. The molecule has 4 aromatic carbocycles. The second-order valence-electron chi connectivity index (χ2n) is 9.12. The van der Waals surface area contributed by atoms with Crippen LogP contribution in [-0.4, -0.2) is 13.1 Å². The van der Waals surface area contributed by atoms with Gasteiger partial charge in [-0.1, -0.05) is 97.1 Å². The molecule has 3 nitrogen and oxygen atoms in total. The molecule has 0 N–H and O–H groups in total. The summed E-state index contributed by atoms with van der Waals surface area (Å²) in [4.78, 5) is 12.7. The Morgan fingerprint density at radius 2 is 1.26 bits per heavy atom. The lowest BCUT2D eigenvalue weighted by molar-refractivity contribution is -0.146. The Bertz CT molecular complexity index is 1380. The van der Waals surface area contributed by atoms with Gasteiger partial charge in [0.05, 0.1) is 13.0 Å². The predicted molar refractivity (Wildman–Crippen MR) is 136 cm³/mol. The first-order chi connectivity index (χ1) is 16.6. The summed E-state index contributed by atoms with van der Waals surface area (Å²) in [6, 6.07) is 34.2. The van der Waals surface area contributed by atoms with E-state index in [-0.39, 0.29) is 23.7 Å². The molecule has 0 aromatic heterocycles. The lowest BCUT2D eigenvalue weighted by Crippen LogP contribution is -2.37. The third-order valence-electron chi connectivity index (χ3n) is 7.49. The minimum Gasteiger partial charge on any atom is -0.469 e. The van der Waals surface area contributed by atoms with Crippen LogP contribution in [-0.2, 0) is 14.1 Å². The number of methoxy groups -OCH3 is 1. The average Bonchev–Trinajstić information content (AvgIpc) is 2.92. The fourth-order valence-electron chi connectivity index (χ4n) is 5.97. The second-order valence-corrected chi connectivity index (χ2v) is 11.9. The fraction of sp³-hybridized carbons (Fsp3) is 0.167. The molecular formula is C30H25O3P. The summed E-state index contributed by atoms with van der Waals surface area (Å²) >= 11 is 0. The van der Waals surface area contributed by atoms with Gasteiger partial charge >= 0.3 is 5.97 Å². The van der Waals surface area contributed by atoms with E-state index in [2.05, 4.69) is 30.3 Å². The molecule has 0 fully saturated rings. The first kappa shape index (κ1) is 21.1. The molecule has 0 saturated heterocycles. The van der Waals surface area contributed by atoms with E-state index in [4.69, 9.17) is 4.74 Å². The van der Waals surface area contributed by atoms with Crippen molar-refractivity contribution < 1.29 is 14.1 Å². The van der Waals surface area contributed by atoms with E-state index in [1.165, 1.54) is 23.8 Å². The number of carbonyl (C=O) groups is 1. The third-order valence-corrected chi connectivity index (χ3v) is 10.5. The van der Waals surface area contributed by atoms with Crippen LogP contribution in [0.1, 0.15) is 40.5 Å². The number of hydrogen-bond donors (Lipinski definition) is 0. The van der Waals surface area contributed by atoms with Gasteiger partial charge in [0.1, 0.15) is 0 Å². The van der Waals surface area contributed by atoms with Crippen LogP contribution < -0.4 is 15.9 Å². The van der Waals surface area contributed by atoms with E-state index in [0.717, 1.165) is 21.5 Å². The Kier molecular flexibility index (Phi) is 5.04. The highest BCUT2D eigenvalue weighted by molar-refractivity contribution is 7.85. The highest BCUT2D eigenvalue weighted by Gasteiger charge is 2.47. The van der Waals surface area contributed by atoms with E-state index in [0.29, 0.717) is 6.42 Å². The number of carbonyl (C=O) groups excluding carboxylic acids is 1. The Balaban J connectivity index is 1.56. The maximum Gasteiger partial charge on any atom is 0.309 e. The average molecular weight is 465 g/mol. The molecule has 0 amide bonds. The summed E-state index contributed by atoms with van der Waals surface area (Å²) in [5.74, 6) is -0.303. The Hall–Kier alpha value is -3.42. The molecule has 2 bridgehead atoms. The van der Waals surface area contributed by atoms with Crippen LogP contribution in [0, 0.1) is 5.92 Å². The number of fused-ring (bicyclic) bond motifs is 1. The van der Waals surface area contributed by atoms with Crippen molar-refractivity contribution in [2.24, 2.45) is 5.92 Å². The molecule has 0 heterocycles. The minimum atomic E-state index is -3.06. The monoisotopic (exact) mass is 464 g/mol. The molecular weight excluding hydrogens is 439 g/mol. The highest BCUT2D eigenvalue weighted by Crippen LogP contribution is 2.56. The van der Waals surface area contributed by atoms with Crippen molar-refractivity contribution in [3.63, 3.8) is 0 Å². The molecule has 3 aliphatic rings. The number of ether oxygens (including phenoxy) is 1. The fourth-order valence-corrected chi connectivity index (χ4v) is 8.66. The van der Waals surface area contributed by atoms with Crippen LogP contribution in [0.25, 0.3) is 0 Å². The topological polar surface area (TPSA) is 43.4 Å². The molecule has 168 valence electrons. The van der Waals surface area contributed by atoms with E-state index in [1.54, 1.807) is 0 Å². The van der Waals surface area contributed by atoms with Crippen molar-refractivity contribution in [2.75, 3.05) is 7.11 Å². The summed E-state index contributed by atoms with van der Waals surface area (Å²) in [7, 11) is -1.59. The molecule has 34 heavy (non-hydrogen) atoms. The number of hydrogen-bond acceptors (Lipinski definition) is 3. The van der Waals surface area contributed by atoms with Gasteiger partial charge in [-0.3, -0.25) is 4.79 Å². The summed E-state index contributed by atoms with van der Waals surface area (Å²) < 4.78 is 20.1. The number of rotatable bonds is 4. The van der Waals surface area contributed by atoms with E-state index >= 15 is 0 Å². The van der Waals surface area contributed by atoms with Gasteiger partial charge in [-0.05, 0) is 34.7 Å². The van der Waals surface area contributed by atoms with Crippen LogP contribution in [0.2, 0.25) is 0 Å². The molecule has 0 radical (unpaired) electrons. The first-order valence-corrected chi connectivity index (χ1v) is 13.4. The molecule has 3 atom stereocenters. The largest absolute Gasteiger partial charge is 0.469 e. The first-order valence-electron chi connectivity index (χ1n) is 11.6.